The molecule has 3 aliphatic heterocycles. The third kappa shape index (κ3) is 4.89. The molecule has 0 saturated carbocycles. The standard InChI is InChI=1S/C18H16ClN3O5S.C2H3ClOS/c1-21-8-14(23)22-16(10-2-3-12-13(4-10)27-9-26-12)11(7-20)5-18(22,17(21)25)28-15(24)6-19;3-1-2(4)5/h2-4,11,16H,5-6,8-9H2,1H3;1H2,(H,4,5)/t11?,16-,18-;/m0./s1. The Hall–Kier alpha value is -2.13. The molecule has 0 N–H and O–H groups in total. The molecule has 0 radical (unpaired) electrons. The van der Waals surface area contributed by atoms with Crippen LogP contribution in [0.1, 0.15) is 18.0 Å². The van der Waals surface area contributed by atoms with Crippen molar-refractivity contribution in [3.05, 3.63) is 23.8 Å². The number of hydrogen-bond donors (Lipinski definition) is 1. The maximum absolute atomic E-state index is 13.1. The maximum atomic E-state index is 13.1. The predicted molar refractivity (Wildman–Crippen MR) is 124 cm³/mol. The lowest BCUT2D eigenvalue weighted by molar-refractivity contribution is -0.156. The fourth-order valence-corrected chi connectivity index (χ4v) is 5.47. The number of carbonyl (C=O) groups is 4. The second kappa shape index (κ2) is 10.4. The van der Waals surface area contributed by atoms with Gasteiger partial charge in [0.1, 0.15) is 0 Å². The van der Waals surface area contributed by atoms with E-state index in [0.717, 1.165) is 11.8 Å². The highest BCUT2D eigenvalue weighted by molar-refractivity contribution is 8.15. The first-order chi connectivity index (χ1) is 15.7. The molecule has 2 saturated heterocycles. The molecule has 3 atom stereocenters. The number of halogens is 2. The van der Waals surface area contributed by atoms with Gasteiger partial charge in [0.05, 0.1) is 36.3 Å². The lowest BCUT2D eigenvalue weighted by atomic mass is 9.94. The van der Waals surface area contributed by atoms with E-state index in [-0.39, 0.29) is 48.4 Å². The van der Waals surface area contributed by atoms with E-state index in [4.69, 9.17) is 32.7 Å². The first-order valence-electron chi connectivity index (χ1n) is 9.61. The molecule has 2 amide bonds. The number of nitriles is 1. The SMILES string of the molecule is CN1CC(=O)N2[C@@H](c3ccc4c(c3)OCO4)C(C#N)C[C@]2(SC(=O)CCl)C1=O.O=C(S)CCl. The van der Waals surface area contributed by atoms with Crippen molar-refractivity contribution in [2.75, 3.05) is 32.1 Å². The van der Waals surface area contributed by atoms with Crippen molar-refractivity contribution < 1.29 is 28.7 Å². The van der Waals surface area contributed by atoms with E-state index < -0.39 is 21.9 Å². The van der Waals surface area contributed by atoms with Crippen LogP contribution in [0.3, 0.4) is 0 Å². The summed E-state index contributed by atoms with van der Waals surface area (Å²) in [5.74, 6) is -0.564. The number of rotatable bonds is 4. The van der Waals surface area contributed by atoms with Crippen LogP contribution in [0.2, 0.25) is 0 Å². The quantitative estimate of drug-likeness (QED) is 0.464. The molecule has 2 fully saturated rings. The number of alkyl halides is 2. The third-order valence-corrected chi connectivity index (χ3v) is 7.51. The van der Waals surface area contributed by atoms with E-state index in [1.54, 1.807) is 18.2 Å². The van der Waals surface area contributed by atoms with Gasteiger partial charge in [-0.3, -0.25) is 19.2 Å². The predicted octanol–water partition coefficient (Wildman–Crippen LogP) is 2.18. The van der Waals surface area contributed by atoms with Crippen LogP contribution in [-0.4, -0.2) is 68.9 Å². The lowest BCUT2D eigenvalue weighted by Crippen LogP contribution is -2.63. The molecular formula is C20H19Cl2N3O6S2. The van der Waals surface area contributed by atoms with Crippen molar-refractivity contribution in [3.8, 4) is 17.6 Å². The van der Waals surface area contributed by atoms with Crippen LogP contribution < -0.4 is 9.47 Å². The molecule has 33 heavy (non-hydrogen) atoms. The van der Waals surface area contributed by atoms with Crippen LogP contribution in [0.5, 0.6) is 11.5 Å². The Morgan fingerprint density at radius 2 is 1.94 bits per heavy atom. The maximum Gasteiger partial charge on any atom is 0.259 e. The van der Waals surface area contributed by atoms with Gasteiger partial charge in [0, 0.05) is 13.5 Å². The van der Waals surface area contributed by atoms with Crippen molar-refractivity contribution in [3.63, 3.8) is 0 Å². The van der Waals surface area contributed by atoms with Crippen molar-refractivity contribution in [1.29, 1.82) is 5.26 Å². The summed E-state index contributed by atoms with van der Waals surface area (Å²) in [6, 6.07) is 6.72. The Bertz CT molecular complexity index is 1040. The number of carbonyl (C=O) groups excluding carboxylic acids is 4. The molecule has 0 aromatic heterocycles. The summed E-state index contributed by atoms with van der Waals surface area (Å²) in [4.78, 5) is 49.0. The molecule has 1 unspecified atom stereocenters. The highest BCUT2D eigenvalue weighted by Gasteiger charge is 2.63. The number of piperazine rings is 1. The first-order valence-corrected chi connectivity index (χ1v) is 11.9. The van der Waals surface area contributed by atoms with Gasteiger partial charge >= 0.3 is 0 Å². The third-order valence-electron chi connectivity index (χ3n) is 5.28. The molecule has 3 aliphatic rings. The first kappa shape index (κ1) is 25.5. The molecule has 0 aliphatic carbocycles. The Labute approximate surface area is 209 Å². The number of hydrogen-bond acceptors (Lipinski definition) is 8. The van der Waals surface area contributed by atoms with Crippen LogP contribution in [0.4, 0.5) is 0 Å². The fraction of sp³-hybridized carbons (Fsp3) is 0.450. The van der Waals surface area contributed by atoms with Gasteiger partial charge < -0.3 is 19.3 Å². The minimum absolute atomic E-state index is 0.00309. The van der Waals surface area contributed by atoms with Gasteiger partial charge in [-0.1, -0.05) is 6.07 Å². The zero-order valence-electron chi connectivity index (χ0n) is 17.3. The molecule has 3 heterocycles. The van der Waals surface area contributed by atoms with E-state index in [0.29, 0.717) is 17.1 Å². The summed E-state index contributed by atoms with van der Waals surface area (Å²) >= 11 is 14.6. The van der Waals surface area contributed by atoms with Crippen molar-refractivity contribution in [2.45, 2.75) is 17.3 Å². The molecule has 1 aromatic carbocycles. The number of thioether (sulfide) groups is 1. The average Bonchev–Trinajstić information content (AvgIpc) is 3.40. The topological polar surface area (TPSA) is 117 Å². The van der Waals surface area contributed by atoms with Crippen molar-refractivity contribution >= 4 is 69.6 Å². The van der Waals surface area contributed by atoms with Gasteiger partial charge in [-0.2, -0.15) is 5.26 Å². The minimum atomic E-state index is -1.47. The Balaban J connectivity index is 0.000000555. The summed E-state index contributed by atoms with van der Waals surface area (Å²) in [5.41, 5.74) is 0.655. The molecule has 9 nitrogen and oxygen atoms in total. The van der Waals surface area contributed by atoms with E-state index in [1.807, 2.05) is 0 Å². The summed E-state index contributed by atoms with van der Waals surface area (Å²) in [7, 11) is 1.51. The number of nitrogens with zero attached hydrogens (tertiary/aromatic N) is 3. The van der Waals surface area contributed by atoms with Crippen LogP contribution >= 0.6 is 47.6 Å². The van der Waals surface area contributed by atoms with Crippen LogP contribution in [0.25, 0.3) is 0 Å². The zero-order chi connectivity index (χ0) is 24.3. The number of benzene rings is 1. The molecule has 176 valence electrons. The molecular weight excluding hydrogens is 513 g/mol. The van der Waals surface area contributed by atoms with Crippen LogP contribution in [-0.2, 0) is 19.2 Å². The average molecular weight is 532 g/mol. The van der Waals surface area contributed by atoms with E-state index >= 15 is 0 Å². The number of ether oxygens (including phenoxy) is 2. The summed E-state index contributed by atoms with van der Waals surface area (Å²) in [5, 5.41) is 9.08. The molecule has 13 heteroatoms. The monoisotopic (exact) mass is 531 g/mol. The van der Waals surface area contributed by atoms with Gasteiger partial charge in [-0.25, -0.2) is 0 Å². The Morgan fingerprint density at radius 3 is 2.55 bits per heavy atom. The highest BCUT2D eigenvalue weighted by atomic mass is 35.5. The number of thiol groups is 1. The zero-order valence-corrected chi connectivity index (χ0v) is 20.5. The second-order valence-corrected chi connectivity index (χ2v) is 9.71. The van der Waals surface area contributed by atoms with Crippen LogP contribution in [0, 0.1) is 17.2 Å². The Morgan fingerprint density at radius 1 is 1.27 bits per heavy atom. The number of amides is 2. The molecule has 0 spiro atoms. The summed E-state index contributed by atoms with van der Waals surface area (Å²) in [6.07, 6.45) is 0.0464. The largest absolute Gasteiger partial charge is 0.454 e. The number of likely N-dealkylation sites (N-methyl/N-ethyl adjacent to an activating group) is 1. The summed E-state index contributed by atoms with van der Waals surface area (Å²) < 4.78 is 10.7. The smallest absolute Gasteiger partial charge is 0.259 e. The number of fused-ring (bicyclic) bond motifs is 2. The van der Waals surface area contributed by atoms with Gasteiger partial charge in [0.15, 0.2) is 16.4 Å². The van der Waals surface area contributed by atoms with E-state index in [2.05, 4.69) is 18.7 Å². The normalized spacial score (nSPS) is 25.2. The minimum Gasteiger partial charge on any atom is -0.454 e. The highest BCUT2D eigenvalue weighted by Crippen LogP contribution is 2.55. The van der Waals surface area contributed by atoms with Crippen LogP contribution in [0.15, 0.2) is 18.2 Å². The van der Waals surface area contributed by atoms with Gasteiger partial charge in [0.25, 0.3) is 5.91 Å². The van der Waals surface area contributed by atoms with Crippen molar-refractivity contribution in [2.24, 2.45) is 5.92 Å². The summed E-state index contributed by atoms with van der Waals surface area (Å²) in [6.45, 7) is -0.0174. The lowest BCUT2D eigenvalue weighted by Gasteiger charge is -2.45. The molecule has 4 rings (SSSR count). The molecule has 0 bridgehead atoms. The second-order valence-electron chi connectivity index (χ2n) is 7.34. The fourth-order valence-electron chi connectivity index (χ4n) is 4.05. The molecule has 1 aromatic rings. The van der Waals surface area contributed by atoms with E-state index in [1.165, 1.54) is 16.8 Å². The van der Waals surface area contributed by atoms with E-state index in [9.17, 15) is 24.4 Å². The van der Waals surface area contributed by atoms with Gasteiger partial charge in [-0.15, -0.1) is 35.8 Å². The van der Waals surface area contributed by atoms with Gasteiger partial charge in [0.2, 0.25) is 22.9 Å². The van der Waals surface area contributed by atoms with Crippen molar-refractivity contribution in [1.82, 2.24) is 9.80 Å². The van der Waals surface area contributed by atoms with Gasteiger partial charge in [-0.05, 0) is 29.5 Å². The Kier molecular flexibility index (Phi) is 8.05.